The Kier molecular flexibility index (Phi) is 5.90. The van der Waals surface area contributed by atoms with Gasteiger partial charge in [0.05, 0.1) is 0 Å². The summed E-state index contributed by atoms with van der Waals surface area (Å²) in [4.78, 5) is 38.8. The second kappa shape index (κ2) is 8.08. The van der Waals surface area contributed by atoms with E-state index >= 15 is 0 Å². The molecule has 1 aromatic heterocycles. The maximum Gasteiger partial charge on any atom is 0.326 e. The number of aromatic nitrogens is 4. The number of unbranched alkanes of at least 4 members (excludes halogenated alkanes) is 1. The fraction of sp³-hybridized carbons (Fsp3) is 0.789. The van der Waals surface area contributed by atoms with Crippen LogP contribution in [0.1, 0.15) is 65.6 Å². The first kappa shape index (κ1) is 21.2. The van der Waals surface area contributed by atoms with Crippen LogP contribution < -0.4 is 5.32 Å². The molecule has 160 valence electrons. The van der Waals surface area contributed by atoms with Crippen molar-refractivity contribution in [1.82, 2.24) is 30.4 Å². The number of hydrogen-bond donors (Lipinski definition) is 1. The number of carbonyl (C=O) groups is 3. The lowest BCUT2D eigenvalue weighted by atomic mass is 9.64. The molecular weight excluding hydrogens is 376 g/mol. The highest BCUT2D eigenvalue weighted by Gasteiger charge is 2.56. The van der Waals surface area contributed by atoms with Gasteiger partial charge in [-0.25, -0.2) is 9.48 Å². The first-order valence-corrected chi connectivity index (χ1v) is 10.2. The van der Waals surface area contributed by atoms with Gasteiger partial charge in [0.25, 0.3) is 5.91 Å². The third kappa shape index (κ3) is 4.56. The number of ether oxygens (including phenoxy) is 1. The number of amides is 3. The summed E-state index contributed by atoms with van der Waals surface area (Å²) in [7, 11) is 0. The number of tetrazole rings is 1. The molecule has 2 aliphatic rings. The Hall–Kier alpha value is -2.52. The standard InChI is InChI=1S/C19H30N6O4/c1-5-6-7-25-14(21-22-23-25)11-29-15(26)10-24-16(27)19(20-17(24)28)9-13(2)8-18(3,4)12-19/h13H,5-12H2,1-4H3,(H,20,28)/t13-,19+/m1/s1. The molecular formula is C19H30N6O4. The van der Waals surface area contributed by atoms with Crippen molar-refractivity contribution in [3.05, 3.63) is 5.82 Å². The van der Waals surface area contributed by atoms with Crippen LogP contribution in [-0.2, 0) is 27.5 Å². The van der Waals surface area contributed by atoms with Gasteiger partial charge in [0.1, 0.15) is 12.1 Å². The zero-order valence-corrected chi connectivity index (χ0v) is 17.6. The summed E-state index contributed by atoms with van der Waals surface area (Å²) in [5.74, 6) is -0.272. The van der Waals surface area contributed by atoms with Gasteiger partial charge in [-0.15, -0.1) is 5.10 Å². The molecule has 1 aliphatic carbocycles. The molecule has 1 saturated heterocycles. The number of hydrogen-bond acceptors (Lipinski definition) is 7. The van der Waals surface area contributed by atoms with Gasteiger partial charge in [-0.3, -0.25) is 14.5 Å². The minimum atomic E-state index is -0.928. The number of aryl methyl sites for hydroxylation is 1. The number of urea groups is 1. The highest BCUT2D eigenvalue weighted by atomic mass is 16.5. The molecule has 1 aromatic rings. The van der Waals surface area contributed by atoms with Crippen LogP contribution in [-0.4, -0.2) is 55.1 Å². The molecule has 3 amide bonds. The van der Waals surface area contributed by atoms with E-state index in [1.165, 1.54) is 0 Å². The minimum Gasteiger partial charge on any atom is -0.456 e. The third-order valence-electron chi connectivity index (χ3n) is 5.60. The topological polar surface area (TPSA) is 119 Å². The smallest absolute Gasteiger partial charge is 0.326 e. The second-order valence-electron chi connectivity index (χ2n) is 9.09. The van der Waals surface area contributed by atoms with Crippen molar-refractivity contribution in [3.8, 4) is 0 Å². The molecule has 1 spiro atoms. The van der Waals surface area contributed by atoms with Gasteiger partial charge in [0.15, 0.2) is 12.4 Å². The van der Waals surface area contributed by atoms with E-state index in [2.05, 4.69) is 48.5 Å². The predicted octanol–water partition coefficient (Wildman–Crippen LogP) is 1.65. The van der Waals surface area contributed by atoms with Gasteiger partial charge in [0, 0.05) is 6.54 Å². The number of nitrogens with zero attached hydrogens (tertiary/aromatic N) is 5. The van der Waals surface area contributed by atoms with Crippen molar-refractivity contribution in [2.24, 2.45) is 11.3 Å². The zero-order valence-electron chi connectivity index (χ0n) is 17.6. The number of carbonyl (C=O) groups excluding carboxylic acids is 3. The fourth-order valence-electron chi connectivity index (χ4n) is 4.78. The van der Waals surface area contributed by atoms with Gasteiger partial charge < -0.3 is 10.1 Å². The molecule has 1 N–H and O–H groups in total. The average Bonchev–Trinajstić information content (AvgIpc) is 3.14. The average molecular weight is 406 g/mol. The lowest BCUT2D eigenvalue weighted by Crippen LogP contribution is -2.54. The van der Waals surface area contributed by atoms with E-state index < -0.39 is 24.1 Å². The molecule has 10 heteroatoms. The lowest BCUT2D eigenvalue weighted by molar-refractivity contribution is -0.149. The Morgan fingerprint density at radius 1 is 1.31 bits per heavy atom. The van der Waals surface area contributed by atoms with Crippen molar-refractivity contribution in [2.45, 2.75) is 78.5 Å². The van der Waals surface area contributed by atoms with Crippen LogP contribution in [0.2, 0.25) is 0 Å². The minimum absolute atomic E-state index is 0.0628. The van der Waals surface area contributed by atoms with E-state index in [1.807, 2.05) is 0 Å². The Morgan fingerprint density at radius 2 is 2.07 bits per heavy atom. The van der Waals surface area contributed by atoms with E-state index in [-0.39, 0.29) is 17.9 Å². The molecule has 2 atom stereocenters. The summed E-state index contributed by atoms with van der Waals surface area (Å²) < 4.78 is 6.82. The molecule has 0 aromatic carbocycles. The summed E-state index contributed by atoms with van der Waals surface area (Å²) in [6, 6.07) is -0.537. The summed E-state index contributed by atoms with van der Waals surface area (Å²) in [5.41, 5.74) is -0.991. The predicted molar refractivity (Wildman–Crippen MR) is 102 cm³/mol. The Morgan fingerprint density at radius 3 is 2.76 bits per heavy atom. The fourth-order valence-corrected chi connectivity index (χ4v) is 4.78. The maximum absolute atomic E-state index is 13.1. The Bertz CT molecular complexity index is 791. The summed E-state index contributed by atoms with van der Waals surface area (Å²) >= 11 is 0. The maximum atomic E-state index is 13.1. The van der Waals surface area contributed by atoms with E-state index in [4.69, 9.17) is 4.74 Å². The van der Waals surface area contributed by atoms with Crippen LogP contribution in [0.3, 0.4) is 0 Å². The van der Waals surface area contributed by atoms with Crippen molar-refractivity contribution < 1.29 is 19.1 Å². The molecule has 0 bridgehead atoms. The van der Waals surface area contributed by atoms with Crippen LogP contribution in [0.25, 0.3) is 0 Å². The molecule has 0 radical (unpaired) electrons. The van der Waals surface area contributed by atoms with Gasteiger partial charge in [-0.1, -0.05) is 34.1 Å². The van der Waals surface area contributed by atoms with Crippen molar-refractivity contribution in [1.29, 1.82) is 0 Å². The number of esters is 1. The molecule has 0 unspecified atom stereocenters. The highest BCUT2D eigenvalue weighted by molar-refractivity contribution is 6.08. The SMILES string of the molecule is CCCCn1nnnc1COC(=O)CN1C(=O)N[C@]2(C[C@H](C)CC(C)(C)C2)C1=O. The largest absolute Gasteiger partial charge is 0.456 e. The van der Waals surface area contributed by atoms with Crippen molar-refractivity contribution in [3.63, 3.8) is 0 Å². The van der Waals surface area contributed by atoms with Crippen LogP contribution >= 0.6 is 0 Å². The molecule has 1 aliphatic heterocycles. The second-order valence-corrected chi connectivity index (χ2v) is 9.09. The van der Waals surface area contributed by atoms with Gasteiger partial charge in [-0.2, -0.15) is 0 Å². The lowest BCUT2D eigenvalue weighted by Gasteiger charge is -2.43. The number of nitrogens with one attached hydrogen (secondary N) is 1. The Labute approximate surface area is 170 Å². The molecule has 2 heterocycles. The zero-order chi connectivity index (χ0) is 21.2. The molecule has 2 fully saturated rings. The normalized spacial score (nSPS) is 26.1. The molecule has 29 heavy (non-hydrogen) atoms. The molecule has 10 nitrogen and oxygen atoms in total. The van der Waals surface area contributed by atoms with E-state index in [1.54, 1.807) is 4.68 Å². The molecule has 3 rings (SSSR count). The third-order valence-corrected chi connectivity index (χ3v) is 5.60. The monoisotopic (exact) mass is 406 g/mol. The van der Waals surface area contributed by atoms with Gasteiger partial charge in [-0.05, 0) is 47.4 Å². The van der Waals surface area contributed by atoms with Crippen molar-refractivity contribution in [2.75, 3.05) is 6.54 Å². The first-order chi connectivity index (χ1) is 13.7. The van der Waals surface area contributed by atoms with Crippen molar-refractivity contribution >= 4 is 17.9 Å². The van der Waals surface area contributed by atoms with E-state index in [0.29, 0.717) is 31.1 Å². The highest BCUT2D eigenvalue weighted by Crippen LogP contribution is 2.46. The summed E-state index contributed by atoms with van der Waals surface area (Å²) in [5, 5.41) is 14.2. The van der Waals surface area contributed by atoms with Crippen LogP contribution in [0.4, 0.5) is 4.79 Å². The van der Waals surface area contributed by atoms with Crippen LogP contribution in [0.15, 0.2) is 0 Å². The van der Waals surface area contributed by atoms with E-state index in [0.717, 1.165) is 24.2 Å². The summed E-state index contributed by atoms with van der Waals surface area (Å²) in [6.45, 7) is 8.46. The first-order valence-electron chi connectivity index (χ1n) is 10.2. The van der Waals surface area contributed by atoms with Gasteiger partial charge >= 0.3 is 12.0 Å². The van der Waals surface area contributed by atoms with Crippen LogP contribution in [0.5, 0.6) is 0 Å². The van der Waals surface area contributed by atoms with E-state index in [9.17, 15) is 14.4 Å². The number of rotatable bonds is 7. The quantitative estimate of drug-likeness (QED) is 0.540. The van der Waals surface area contributed by atoms with Gasteiger partial charge in [0.2, 0.25) is 0 Å². The number of imide groups is 1. The summed E-state index contributed by atoms with van der Waals surface area (Å²) in [6.07, 6.45) is 4.03. The molecule has 1 saturated carbocycles. The van der Waals surface area contributed by atoms with Crippen LogP contribution in [0, 0.1) is 11.3 Å². The Balaban J connectivity index is 1.60.